The number of carboxylic acids is 1. The van der Waals surface area contributed by atoms with Crippen molar-refractivity contribution in [2.75, 3.05) is 20.1 Å². The Hall–Kier alpha value is -1.10. The van der Waals surface area contributed by atoms with Crippen molar-refractivity contribution in [1.82, 2.24) is 10.6 Å². The largest absolute Gasteiger partial charge is 0.481 e. The number of amides is 1. The van der Waals surface area contributed by atoms with Crippen molar-refractivity contribution < 1.29 is 14.7 Å². The van der Waals surface area contributed by atoms with Crippen LogP contribution >= 0.6 is 0 Å². The molecule has 0 bridgehead atoms. The summed E-state index contributed by atoms with van der Waals surface area (Å²) < 4.78 is 0. The summed E-state index contributed by atoms with van der Waals surface area (Å²) in [6, 6.07) is 0. The highest BCUT2D eigenvalue weighted by Gasteiger charge is 2.30. The number of hydrogen-bond donors (Lipinski definition) is 3. The second-order valence-electron chi connectivity index (χ2n) is 5.00. The van der Waals surface area contributed by atoms with Crippen molar-refractivity contribution in [3.05, 3.63) is 0 Å². The van der Waals surface area contributed by atoms with E-state index in [0.29, 0.717) is 13.0 Å². The summed E-state index contributed by atoms with van der Waals surface area (Å²) >= 11 is 0. The van der Waals surface area contributed by atoms with Crippen LogP contribution in [0.3, 0.4) is 0 Å². The van der Waals surface area contributed by atoms with E-state index in [0.717, 1.165) is 38.6 Å². The molecule has 2 atom stereocenters. The zero-order valence-corrected chi connectivity index (χ0v) is 11.1. The highest BCUT2D eigenvalue weighted by molar-refractivity contribution is 5.76. The maximum Gasteiger partial charge on any atom is 0.306 e. The number of carbonyl (C=O) groups is 2. The maximum absolute atomic E-state index is 11.6. The molecule has 0 heterocycles. The number of hydrogen-bond acceptors (Lipinski definition) is 3. The minimum atomic E-state index is -0.718. The van der Waals surface area contributed by atoms with Crippen LogP contribution < -0.4 is 10.6 Å². The molecule has 1 rings (SSSR count). The highest BCUT2D eigenvalue weighted by atomic mass is 16.4. The van der Waals surface area contributed by atoms with Gasteiger partial charge >= 0.3 is 5.97 Å². The summed E-state index contributed by atoms with van der Waals surface area (Å²) in [5.41, 5.74) is 0. The molecular weight excluding hydrogens is 232 g/mol. The van der Waals surface area contributed by atoms with Crippen LogP contribution in [-0.2, 0) is 9.59 Å². The quantitative estimate of drug-likeness (QED) is 0.594. The van der Waals surface area contributed by atoms with Gasteiger partial charge in [0.05, 0.1) is 5.92 Å². The highest BCUT2D eigenvalue weighted by Crippen LogP contribution is 2.29. The third kappa shape index (κ3) is 5.04. The summed E-state index contributed by atoms with van der Waals surface area (Å²) in [7, 11) is 1.86. The fraction of sp³-hybridized carbons (Fsp3) is 0.846. The standard InChI is InChI=1S/C13H24N2O3/c1-14-8-4-7-12(16)15-9-10-5-2-3-6-11(10)13(17)18/h10-11,14H,2-9H2,1H3,(H,15,16)(H,17,18). The van der Waals surface area contributed by atoms with Gasteiger partial charge in [0.25, 0.3) is 0 Å². The number of aliphatic carboxylic acids is 1. The molecule has 0 radical (unpaired) electrons. The summed E-state index contributed by atoms with van der Waals surface area (Å²) in [5, 5.41) is 15.0. The topological polar surface area (TPSA) is 78.4 Å². The van der Waals surface area contributed by atoms with Crippen LogP contribution in [0.15, 0.2) is 0 Å². The smallest absolute Gasteiger partial charge is 0.306 e. The summed E-state index contributed by atoms with van der Waals surface area (Å²) in [6.45, 7) is 1.34. The molecule has 5 heteroatoms. The zero-order chi connectivity index (χ0) is 13.4. The molecule has 0 aromatic heterocycles. The molecule has 3 N–H and O–H groups in total. The van der Waals surface area contributed by atoms with Crippen molar-refractivity contribution in [3.8, 4) is 0 Å². The minimum absolute atomic E-state index is 0.0277. The molecule has 2 unspecified atom stereocenters. The van der Waals surface area contributed by atoms with E-state index in [-0.39, 0.29) is 17.7 Å². The van der Waals surface area contributed by atoms with Gasteiger partial charge in [-0.05, 0) is 38.8 Å². The maximum atomic E-state index is 11.6. The monoisotopic (exact) mass is 256 g/mol. The van der Waals surface area contributed by atoms with Crippen molar-refractivity contribution in [2.45, 2.75) is 38.5 Å². The van der Waals surface area contributed by atoms with Gasteiger partial charge in [-0.15, -0.1) is 0 Å². The van der Waals surface area contributed by atoms with Crippen LogP contribution in [-0.4, -0.2) is 37.1 Å². The SMILES string of the molecule is CNCCCC(=O)NCC1CCCCC1C(=O)O. The van der Waals surface area contributed by atoms with Gasteiger partial charge in [0.2, 0.25) is 5.91 Å². The summed E-state index contributed by atoms with van der Waals surface area (Å²) in [6.07, 6.45) is 5.04. The van der Waals surface area contributed by atoms with Gasteiger partial charge in [-0.25, -0.2) is 0 Å². The zero-order valence-electron chi connectivity index (χ0n) is 11.1. The van der Waals surface area contributed by atoms with E-state index in [4.69, 9.17) is 5.11 Å². The Labute approximate surface area is 108 Å². The van der Waals surface area contributed by atoms with Crippen molar-refractivity contribution in [2.24, 2.45) is 11.8 Å². The molecule has 1 fully saturated rings. The fourth-order valence-corrected chi connectivity index (χ4v) is 2.54. The van der Waals surface area contributed by atoms with E-state index in [1.165, 1.54) is 0 Å². The average Bonchev–Trinajstić information content (AvgIpc) is 2.37. The number of carbonyl (C=O) groups excluding carboxylic acids is 1. The molecule has 1 amide bonds. The minimum Gasteiger partial charge on any atom is -0.481 e. The predicted molar refractivity (Wildman–Crippen MR) is 69.3 cm³/mol. The second kappa shape index (κ2) is 8.08. The Kier molecular flexibility index (Phi) is 6.72. The first-order valence-corrected chi connectivity index (χ1v) is 6.79. The van der Waals surface area contributed by atoms with Gasteiger partial charge in [-0.3, -0.25) is 9.59 Å². The molecule has 0 aromatic carbocycles. The molecule has 5 nitrogen and oxygen atoms in total. The van der Waals surface area contributed by atoms with E-state index in [2.05, 4.69) is 10.6 Å². The van der Waals surface area contributed by atoms with Crippen LogP contribution in [0.25, 0.3) is 0 Å². The van der Waals surface area contributed by atoms with Crippen molar-refractivity contribution in [3.63, 3.8) is 0 Å². The molecule has 104 valence electrons. The van der Waals surface area contributed by atoms with Gasteiger partial charge < -0.3 is 15.7 Å². The summed E-state index contributed by atoms with van der Waals surface area (Å²) in [4.78, 5) is 22.7. The van der Waals surface area contributed by atoms with E-state index in [9.17, 15) is 9.59 Å². The van der Waals surface area contributed by atoms with Gasteiger partial charge in [0.1, 0.15) is 0 Å². The first kappa shape index (κ1) is 15.0. The molecule has 0 aromatic rings. The van der Waals surface area contributed by atoms with E-state index < -0.39 is 5.97 Å². The molecule has 18 heavy (non-hydrogen) atoms. The van der Waals surface area contributed by atoms with Crippen molar-refractivity contribution >= 4 is 11.9 Å². The first-order chi connectivity index (χ1) is 8.65. The molecule has 0 aliphatic heterocycles. The van der Waals surface area contributed by atoms with Gasteiger partial charge in [0, 0.05) is 13.0 Å². The lowest BCUT2D eigenvalue weighted by Gasteiger charge is -2.28. The Morgan fingerprint density at radius 2 is 2.00 bits per heavy atom. The Morgan fingerprint density at radius 3 is 2.67 bits per heavy atom. The van der Waals surface area contributed by atoms with Crippen LogP contribution in [0.5, 0.6) is 0 Å². The second-order valence-corrected chi connectivity index (χ2v) is 5.00. The normalized spacial score (nSPS) is 23.6. The third-order valence-corrected chi connectivity index (χ3v) is 3.62. The Balaban J connectivity index is 2.27. The van der Waals surface area contributed by atoms with Crippen LogP contribution in [0.1, 0.15) is 38.5 Å². The molecule has 0 spiro atoms. The van der Waals surface area contributed by atoms with Gasteiger partial charge in [-0.1, -0.05) is 12.8 Å². The molecule has 1 aliphatic rings. The first-order valence-electron chi connectivity index (χ1n) is 6.79. The molecule has 1 aliphatic carbocycles. The average molecular weight is 256 g/mol. The number of rotatable bonds is 7. The predicted octanol–water partition coefficient (Wildman–Crippen LogP) is 0.993. The van der Waals surface area contributed by atoms with E-state index in [1.54, 1.807) is 0 Å². The lowest BCUT2D eigenvalue weighted by atomic mass is 9.79. The van der Waals surface area contributed by atoms with Crippen LogP contribution in [0.4, 0.5) is 0 Å². The Morgan fingerprint density at radius 1 is 1.28 bits per heavy atom. The molecular formula is C13H24N2O3. The van der Waals surface area contributed by atoms with Crippen LogP contribution in [0, 0.1) is 11.8 Å². The molecule has 0 saturated heterocycles. The van der Waals surface area contributed by atoms with E-state index in [1.807, 2.05) is 7.05 Å². The third-order valence-electron chi connectivity index (χ3n) is 3.62. The lowest BCUT2D eigenvalue weighted by Crippen LogP contribution is -2.37. The summed E-state index contributed by atoms with van der Waals surface area (Å²) in [5.74, 6) is -0.870. The van der Waals surface area contributed by atoms with Gasteiger partial charge in [-0.2, -0.15) is 0 Å². The molecule has 1 saturated carbocycles. The van der Waals surface area contributed by atoms with Gasteiger partial charge in [0.15, 0.2) is 0 Å². The fourth-order valence-electron chi connectivity index (χ4n) is 2.54. The van der Waals surface area contributed by atoms with E-state index >= 15 is 0 Å². The number of nitrogens with one attached hydrogen (secondary N) is 2. The lowest BCUT2D eigenvalue weighted by molar-refractivity contribution is -0.145. The Bertz CT molecular complexity index is 281. The number of carboxylic acid groups (broad SMARTS) is 1. The van der Waals surface area contributed by atoms with Crippen LogP contribution in [0.2, 0.25) is 0 Å². The van der Waals surface area contributed by atoms with Crippen molar-refractivity contribution in [1.29, 1.82) is 0 Å².